The molecule has 1 fully saturated rings. The van der Waals surface area contributed by atoms with Gasteiger partial charge in [0.15, 0.2) is 0 Å². The molecule has 27 heavy (non-hydrogen) atoms. The summed E-state index contributed by atoms with van der Waals surface area (Å²) < 4.78 is 0. The summed E-state index contributed by atoms with van der Waals surface area (Å²) >= 11 is 1.56. The molecule has 1 aliphatic heterocycles. The van der Waals surface area contributed by atoms with Gasteiger partial charge in [0.05, 0.1) is 10.9 Å². The second-order valence-corrected chi connectivity index (χ2v) is 8.43. The van der Waals surface area contributed by atoms with Crippen LogP contribution in [0.4, 0.5) is 11.5 Å². The molecule has 0 unspecified atom stereocenters. The van der Waals surface area contributed by atoms with E-state index in [1.54, 1.807) is 17.7 Å². The molecular weight excluding hydrogens is 356 g/mol. The van der Waals surface area contributed by atoms with Crippen LogP contribution in [0.15, 0.2) is 24.5 Å². The van der Waals surface area contributed by atoms with Crippen molar-refractivity contribution in [1.29, 1.82) is 0 Å². The van der Waals surface area contributed by atoms with E-state index in [4.69, 9.17) is 0 Å². The monoisotopic (exact) mass is 380 g/mol. The number of hydrogen-bond acceptors (Lipinski definition) is 5. The zero-order chi connectivity index (χ0) is 19.0. The number of aryl methyl sites for hydroxylation is 3. The number of hydrogen-bond donors (Lipinski definition) is 1. The Hall–Kier alpha value is -2.47. The molecule has 1 aliphatic rings. The molecule has 5 nitrogen and oxygen atoms in total. The van der Waals surface area contributed by atoms with Crippen LogP contribution in [0.3, 0.4) is 0 Å². The van der Waals surface area contributed by atoms with E-state index < -0.39 is 0 Å². The van der Waals surface area contributed by atoms with E-state index in [1.807, 2.05) is 26.0 Å². The van der Waals surface area contributed by atoms with Gasteiger partial charge in [0.1, 0.15) is 17.0 Å². The summed E-state index contributed by atoms with van der Waals surface area (Å²) in [6, 6.07) is 6.06. The summed E-state index contributed by atoms with van der Waals surface area (Å²) in [5.41, 5.74) is 3.80. The Morgan fingerprint density at radius 3 is 2.63 bits per heavy atom. The van der Waals surface area contributed by atoms with Crippen molar-refractivity contribution in [2.24, 2.45) is 0 Å². The van der Waals surface area contributed by atoms with Crippen LogP contribution < -0.4 is 10.2 Å². The van der Waals surface area contributed by atoms with Crippen LogP contribution >= 0.6 is 11.3 Å². The van der Waals surface area contributed by atoms with Crippen molar-refractivity contribution in [3.63, 3.8) is 0 Å². The summed E-state index contributed by atoms with van der Waals surface area (Å²) in [5, 5.41) is 3.99. The molecule has 0 bridgehead atoms. The summed E-state index contributed by atoms with van der Waals surface area (Å²) in [6.45, 7) is 8.03. The van der Waals surface area contributed by atoms with Gasteiger partial charge in [-0.15, -0.1) is 11.3 Å². The number of aromatic nitrogens is 2. The molecule has 4 rings (SSSR count). The van der Waals surface area contributed by atoms with E-state index in [9.17, 15) is 4.79 Å². The van der Waals surface area contributed by atoms with Gasteiger partial charge in [-0.25, -0.2) is 9.97 Å². The van der Waals surface area contributed by atoms with E-state index in [0.29, 0.717) is 5.56 Å². The van der Waals surface area contributed by atoms with Crippen LogP contribution in [0, 0.1) is 20.8 Å². The number of carbonyl (C=O) groups is 1. The fourth-order valence-corrected chi connectivity index (χ4v) is 4.77. The number of benzene rings is 1. The molecule has 6 heteroatoms. The molecule has 3 heterocycles. The lowest BCUT2D eigenvalue weighted by atomic mass is 10.1. The van der Waals surface area contributed by atoms with Gasteiger partial charge in [-0.3, -0.25) is 4.79 Å². The second kappa shape index (κ2) is 7.27. The highest BCUT2D eigenvalue weighted by molar-refractivity contribution is 7.19. The topological polar surface area (TPSA) is 58.1 Å². The largest absolute Gasteiger partial charge is 0.356 e. The molecule has 0 spiro atoms. The van der Waals surface area contributed by atoms with E-state index >= 15 is 0 Å². The number of rotatable bonds is 3. The number of anilines is 2. The average molecular weight is 381 g/mol. The van der Waals surface area contributed by atoms with Gasteiger partial charge in [-0.05, 0) is 51.7 Å². The Morgan fingerprint density at radius 2 is 1.89 bits per heavy atom. The summed E-state index contributed by atoms with van der Waals surface area (Å²) in [5.74, 6) is 0.814. The minimum absolute atomic E-state index is 0.0845. The third-order valence-corrected chi connectivity index (χ3v) is 6.17. The molecule has 1 aromatic carbocycles. The first-order valence-electron chi connectivity index (χ1n) is 9.42. The van der Waals surface area contributed by atoms with Gasteiger partial charge < -0.3 is 10.2 Å². The van der Waals surface area contributed by atoms with E-state index in [0.717, 1.165) is 45.3 Å². The lowest BCUT2D eigenvalue weighted by Crippen LogP contribution is -2.30. The minimum Gasteiger partial charge on any atom is -0.356 e. The van der Waals surface area contributed by atoms with Crippen LogP contribution in [0.2, 0.25) is 0 Å². The lowest BCUT2D eigenvalue weighted by Gasteiger charge is -2.28. The standard InChI is InChI=1S/C21H24N4OS/c1-13-7-8-16(14(2)11-13)24-20(26)17-15(3)27-21-18(17)19(22-12-23-21)25-9-5-4-6-10-25/h7-8,11-12H,4-6,9-10H2,1-3H3,(H,24,26). The van der Waals surface area contributed by atoms with Crippen LogP contribution in [-0.2, 0) is 0 Å². The van der Waals surface area contributed by atoms with Gasteiger partial charge in [-0.2, -0.15) is 0 Å². The van der Waals surface area contributed by atoms with Crippen LogP contribution in [-0.4, -0.2) is 29.0 Å². The third-order valence-electron chi connectivity index (χ3n) is 5.16. The van der Waals surface area contributed by atoms with Gasteiger partial charge >= 0.3 is 0 Å². The van der Waals surface area contributed by atoms with Crippen LogP contribution in [0.5, 0.6) is 0 Å². The predicted octanol–water partition coefficient (Wildman–Crippen LogP) is 4.86. The van der Waals surface area contributed by atoms with Crippen molar-refractivity contribution < 1.29 is 4.79 Å². The van der Waals surface area contributed by atoms with Crippen LogP contribution in [0.25, 0.3) is 10.2 Å². The van der Waals surface area contributed by atoms with Gasteiger partial charge in [0, 0.05) is 23.7 Å². The smallest absolute Gasteiger partial charge is 0.257 e. The Balaban J connectivity index is 1.76. The fourth-order valence-electron chi connectivity index (χ4n) is 3.79. The Bertz CT molecular complexity index is 1000. The maximum atomic E-state index is 13.2. The maximum absolute atomic E-state index is 13.2. The van der Waals surface area contributed by atoms with Crippen molar-refractivity contribution in [3.05, 3.63) is 46.1 Å². The number of fused-ring (bicyclic) bond motifs is 1. The maximum Gasteiger partial charge on any atom is 0.257 e. The zero-order valence-electron chi connectivity index (χ0n) is 16.0. The molecule has 2 aromatic heterocycles. The molecule has 140 valence electrons. The molecule has 1 N–H and O–H groups in total. The number of nitrogens with one attached hydrogen (secondary N) is 1. The quantitative estimate of drug-likeness (QED) is 0.705. The fraction of sp³-hybridized carbons (Fsp3) is 0.381. The van der Waals surface area contributed by atoms with Crippen molar-refractivity contribution in [1.82, 2.24) is 9.97 Å². The molecule has 0 radical (unpaired) electrons. The van der Waals surface area contributed by atoms with Gasteiger partial charge in [0.2, 0.25) is 0 Å². The third kappa shape index (κ3) is 3.41. The first-order chi connectivity index (χ1) is 13.0. The van der Waals surface area contributed by atoms with Gasteiger partial charge in [0.25, 0.3) is 5.91 Å². The average Bonchev–Trinajstić information content (AvgIpc) is 3.00. The SMILES string of the molecule is Cc1ccc(NC(=O)c2c(C)sc3ncnc(N4CCCCC4)c23)c(C)c1. The number of carbonyl (C=O) groups excluding carboxylic acids is 1. The van der Waals surface area contributed by atoms with E-state index in [2.05, 4.69) is 33.2 Å². The van der Waals surface area contributed by atoms with Crippen molar-refractivity contribution in [2.45, 2.75) is 40.0 Å². The van der Waals surface area contributed by atoms with Gasteiger partial charge in [-0.1, -0.05) is 17.7 Å². The number of amides is 1. The summed E-state index contributed by atoms with van der Waals surface area (Å²) in [4.78, 5) is 26.4. The van der Waals surface area contributed by atoms with Crippen molar-refractivity contribution in [2.75, 3.05) is 23.3 Å². The van der Waals surface area contributed by atoms with E-state index in [-0.39, 0.29) is 5.91 Å². The van der Waals surface area contributed by atoms with Crippen molar-refractivity contribution >= 4 is 39.0 Å². The first kappa shape index (κ1) is 17.9. The normalized spacial score (nSPS) is 14.6. The Morgan fingerprint density at radius 1 is 1.11 bits per heavy atom. The molecular formula is C21H24N4OS. The highest BCUT2D eigenvalue weighted by Gasteiger charge is 2.24. The molecule has 0 saturated carbocycles. The molecule has 1 saturated heterocycles. The molecule has 0 atom stereocenters. The second-order valence-electron chi connectivity index (χ2n) is 7.23. The van der Waals surface area contributed by atoms with Crippen molar-refractivity contribution in [3.8, 4) is 0 Å². The van der Waals surface area contributed by atoms with Crippen LogP contribution in [0.1, 0.15) is 45.6 Å². The zero-order valence-corrected chi connectivity index (χ0v) is 16.8. The predicted molar refractivity (Wildman–Crippen MR) is 112 cm³/mol. The summed E-state index contributed by atoms with van der Waals surface area (Å²) in [6.07, 6.45) is 5.21. The summed E-state index contributed by atoms with van der Waals surface area (Å²) in [7, 11) is 0. The Kier molecular flexibility index (Phi) is 4.83. The number of thiophene rings is 1. The molecule has 0 aliphatic carbocycles. The highest BCUT2D eigenvalue weighted by atomic mass is 32.1. The highest BCUT2D eigenvalue weighted by Crippen LogP contribution is 2.36. The Labute approximate surface area is 163 Å². The molecule has 1 amide bonds. The number of piperidine rings is 1. The minimum atomic E-state index is -0.0845. The number of nitrogens with zero attached hydrogens (tertiary/aromatic N) is 3. The first-order valence-corrected chi connectivity index (χ1v) is 10.2. The molecule has 3 aromatic rings. The van der Waals surface area contributed by atoms with E-state index in [1.165, 1.54) is 24.8 Å². The lowest BCUT2D eigenvalue weighted by molar-refractivity contribution is 0.102.